The number of nitrogens with one attached hydrogen (secondary N) is 1. The van der Waals surface area contributed by atoms with Gasteiger partial charge in [-0.1, -0.05) is 17.7 Å². The van der Waals surface area contributed by atoms with Crippen LogP contribution in [0, 0.1) is 13.8 Å². The van der Waals surface area contributed by atoms with E-state index in [-0.39, 0.29) is 5.91 Å². The van der Waals surface area contributed by atoms with Gasteiger partial charge in [0.1, 0.15) is 0 Å². The third-order valence-electron chi connectivity index (χ3n) is 4.16. The molecule has 6 nitrogen and oxygen atoms in total. The molecule has 1 amide bonds. The molecule has 3 aromatic rings. The second kappa shape index (κ2) is 7.86. The zero-order chi connectivity index (χ0) is 19.4. The Morgan fingerprint density at radius 3 is 2.48 bits per heavy atom. The first kappa shape index (κ1) is 18.4. The molecule has 2 aromatic carbocycles. The second-order valence-corrected chi connectivity index (χ2v) is 6.35. The van der Waals surface area contributed by atoms with E-state index in [1.807, 2.05) is 44.3 Å². The van der Waals surface area contributed by atoms with Gasteiger partial charge in [0.15, 0.2) is 6.10 Å². The number of aryl methyl sites for hydroxylation is 2. The van der Waals surface area contributed by atoms with Gasteiger partial charge >= 0.3 is 5.97 Å². The molecule has 1 heterocycles. The maximum absolute atomic E-state index is 12.3. The number of amides is 1. The quantitative estimate of drug-likeness (QED) is 0.702. The molecule has 0 spiro atoms. The summed E-state index contributed by atoms with van der Waals surface area (Å²) in [5.41, 5.74) is 3.98. The van der Waals surface area contributed by atoms with E-state index in [1.54, 1.807) is 42.1 Å². The number of benzene rings is 2. The zero-order valence-electron chi connectivity index (χ0n) is 15.5. The normalized spacial score (nSPS) is 11.7. The number of esters is 1. The molecule has 27 heavy (non-hydrogen) atoms. The van der Waals surface area contributed by atoms with E-state index >= 15 is 0 Å². The first-order chi connectivity index (χ1) is 12.9. The average molecular weight is 363 g/mol. The summed E-state index contributed by atoms with van der Waals surface area (Å²) in [6.07, 6.45) is 2.58. The van der Waals surface area contributed by atoms with E-state index in [1.165, 1.54) is 0 Å². The van der Waals surface area contributed by atoms with Crippen LogP contribution in [0.2, 0.25) is 0 Å². The number of anilines is 1. The van der Waals surface area contributed by atoms with Gasteiger partial charge in [0.05, 0.1) is 11.3 Å². The maximum atomic E-state index is 12.3. The van der Waals surface area contributed by atoms with Crippen molar-refractivity contribution < 1.29 is 14.3 Å². The van der Waals surface area contributed by atoms with Gasteiger partial charge in [-0.2, -0.15) is 5.10 Å². The molecule has 0 saturated heterocycles. The van der Waals surface area contributed by atoms with Gasteiger partial charge in [-0.15, -0.1) is 0 Å². The van der Waals surface area contributed by atoms with E-state index in [0.717, 1.165) is 16.8 Å². The highest BCUT2D eigenvalue weighted by molar-refractivity contribution is 5.97. The lowest BCUT2D eigenvalue weighted by atomic mass is 10.1. The number of rotatable bonds is 5. The summed E-state index contributed by atoms with van der Waals surface area (Å²) in [6.45, 7) is 5.45. The van der Waals surface area contributed by atoms with Crippen LogP contribution < -0.4 is 5.32 Å². The standard InChI is InChI=1S/C21H21N3O3/c1-14-5-10-19(15(2)13-14)23-20(25)16(3)27-21(26)17-6-8-18(9-7-17)24-12-4-11-22-24/h4-13,16H,1-3H3,(H,23,25)/t16-/m1/s1. The summed E-state index contributed by atoms with van der Waals surface area (Å²) >= 11 is 0. The van der Waals surface area contributed by atoms with Gasteiger partial charge in [0.25, 0.3) is 5.91 Å². The third-order valence-corrected chi connectivity index (χ3v) is 4.16. The van der Waals surface area contributed by atoms with Gasteiger partial charge in [0.2, 0.25) is 0 Å². The van der Waals surface area contributed by atoms with Gasteiger partial charge in [0, 0.05) is 18.1 Å². The fourth-order valence-electron chi connectivity index (χ4n) is 2.64. The second-order valence-electron chi connectivity index (χ2n) is 6.35. The van der Waals surface area contributed by atoms with E-state index in [4.69, 9.17) is 4.74 Å². The molecule has 3 rings (SSSR count). The van der Waals surface area contributed by atoms with E-state index in [0.29, 0.717) is 11.3 Å². The van der Waals surface area contributed by atoms with Crippen molar-refractivity contribution in [3.63, 3.8) is 0 Å². The number of hydrogen-bond donors (Lipinski definition) is 1. The Kier molecular flexibility index (Phi) is 5.35. The van der Waals surface area contributed by atoms with Crippen LogP contribution in [0.15, 0.2) is 60.9 Å². The molecule has 0 fully saturated rings. The van der Waals surface area contributed by atoms with Crippen LogP contribution >= 0.6 is 0 Å². The summed E-state index contributed by atoms with van der Waals surface area (Å²) in [5.74, 6) is -0.922. The Balaban J connectivity index is 1.62. The molecular weight excluding hydrogens is 342 g/mol. The number of aromatic nitrogens is 2. The summed E-state index contributed by atoms with van der Waals surface area (Å²) < 4.78 is 6.98. The van der Waals surface area contributed by atoms with Crippen molar-refractivity contribution in [2.24, 2.45) is 0 Å². The van der Waals surface area contributed by atoms with Crippen molar-refractivity contribution >= 4 is 17.6 Å². The molecule has 0 radical (unpaired) electrons. The van der Waals surface area contributed by atoms with Crippen LogP contribution in [0.3, 0.4) is 0 Å². The molecule has 0 unspecified atom stereocenters. The molecule has 0 aliphatic rings. The van der Waals surface area contributed by atoms with Crippen molar-refractivity contribution in [1.29, 1.82) is 0 Å². The zero-order valence-corrected chi connectivity index (χ0v) is 15.5. The molecular formula is C21H21N3O3. The highest BCUT2D eigenvalue weighted by Crippen LogP contribution is 2.17. The predicted octanol–water partition coefficient (Wildman–Crippen LogP) is 3.67. The SMILES string of the molecule is Cc1ccc(NC(=O)[C@@H](C)OC(=O)c2ccc(-n3cccn3)cc2)c(C)c1. The van der Waals surface area contributed by atoms with Crippen LogP contribution in [-0.2, 0) is 9.53 Å². The average Bonchev–Trinajstić information content (AvgIpc) is 3.18. The van der Waals surface area contributed by atoms with E-state index in [9.17, 15) is 9.59 Å². The minimum absolute atomic E-state index is 0.372. The first-order valence-electron chi connectivity index (χ1n) is 8.63. The highest BCUT2D eigenvalue weighted by atomic mass is 16.5. The lowest BCUT2D eigenvalue weighted by Gasteiger charge is -2.15. The Bertz CT molecular complexity index is 947. The highest BCUT2D eigenvalue weighted by Gasteiger charge is 2.19. The van der Waals surface area contributed by atoms with Crippen LogP contribution in [-0.4, -0.2) is 27.8 Å². The third kappa shape index (κ3) is 4.41. The van der Waals surface area contributed by atoms with Gasteiger partial charge in [-0.3, -0.25) is 4.79 Å². The molecule has 1 N–H and O–H groups in total. The summed E-state index contributed by atoms with van der Waals surface area (Å²) in [6, 6.07) is 14.4. The lowest BCUT2D eigenvalue weighted by molar-refractivity contribution is -0.123. The number of ether oxygens (including phenoxy) is 1. The molecule has 0 bridgehead atoms. The van der Waals surface area contributed by atoms with E-state index in [2.05, 4.69) is 10.4 Å². The number of carbonyl (C=O) groups is 2. The fourth-order valence-corrected chi connectivity index (χ4v) is 2.64. The van der Waals surface area contributed by atoms with Crippen LogP contribution in [0.1, 0.15) is 28.4 Å². The minimum Gasteiger partial charge on any atom is -0.449 e. The smallest absolute Gasteiger partial charge is 0.338 e. The van der Waals surface area contributed by atoms with Crippen molar-refractivity contribution in [3.05, 3.63) is 77.6 Å². The van der Waals surface area contributed by atoms with Crippen molar-refractivity contribution in [2.45, 2.75) is 26.9 Å². The Labute approximate surface area is 157 Å². The Morgan fingerprint density at radius 1 is 1.11 bits per heavy atom. The Morgan fingerprint density at radius 2 is 1.85 bits per heavy atom. The van der Waals surface area contributed by atoms with Gasteiger partial charge in [-0.05, 0) is 62.7 Å². The van der Waals surface area contributed by atoms with Crippen molar-refractivity contribution in [3.8, 4) is 5.69 Å². The molecule has 1 aromatic heterocycles. The minimum atomic E-state index is -0.913. The number of hydrogen-bond acceptors (Lipinski definition) is 4. The fraction of sp³-hybridized carbons (Fsp3) is 0.190. The van der Waals surface area contributed by atoms with Crippen LogP contribution in [0.25, 0.3) is 5.69 Å². The first-order valence-corrected chi connectivity index (χ1v) is 8.63. The van der Waals surface area contributed by atoms with Crippen molar-refractivity contribution in [2.75, 3.05) is 5.32 Å². The molecule has 1 atom stereocenters. The van der Waals surface area contributed by atoms with E-state index < -0.39 is 12.1 Å². The molecule has 138 valence electrons. The molecule has 6 heteroatoms. The van der Waals surface area contributed by atoms with Crippen LogP contribution in [0.5, 0.6) is 0 Å². The Hall–Kier alpha value is -3.41. The number of nitrogens with zero attached hydrogens (tertiary/aromatic N) is 2. The van der Waals surface area contributed by atoms with Gasteiger partial charge < -0.3 is 10.1 Å². The summed E-state index contributed by atoms with van der Waals surface area (Å²) in [7, 11) is 0. The predicted molar refractivity (Wildman–Crippen MR) is 103 cm³/mol. The summed E-state index contributed by atoms with van der Waals surface area (Å²) in [4.78, 5) is 24.6. The lowest BCUT2D eigenvalue weighted by Crippen LogP contribution is -2.30. The van der Waals surface area contributed by atoms with Crippen LogP contribution in [0.4, 0.5) is 5.69 Å². The molecule has 0 aliphatic carbocycles. The summed E-state index contributed by atoms with van der Waals surface area (Å²) in [5, 5.41) is 6.93. The topological polar surface area (TPSA) is 73.2 Å². The largest absolute Gasteiger partial charge is 0.449 e. The van der Waals surface area contributed by atoms with Crippen molar-refractivity contribution in [1.82, 2.24) is 9.78 Å². The molecule has 0 aliphatic heterocycles. The monoisotopic (exact) mass is 363 g/mol. The van der Waals surface area contributed by atoms with Gasteiger partial charge in [-0.25, -0.2) is 9.48 Å². The number of carbonyl (C=O) groups excluding carboxylic acids is 2. The maximum Gasteiger partial charge on any atom is 0.338 e. The molecule has 0 saturated carbocycles.